The van der Waals surface area contributed by atoms with Crippen molar-refractivity contribution in [3.05, 3.63) is 23.7 Å². The Morgan fingerprint density at radius 3 is 2.89 bits per heavy atom. The number of furan rings is 1. The summed E-state index contributed by atoms with van der Waals surface area (Å²) in [7, 11) is 0. The van der Waals surface area contributed by atoms with Crippen LogP contribution in [0.3, 0.4) is 0 Å². The molecule has 1 saturated heterocycles. The fourth-order valence-corrected chi connectivity index (χ4v) is 1.95. The van der Waals surface area contributed by atoms with Crippen LogP contribution < -0.4 is 5.32 Å². The molecular weight excluding hydrogens is 232 g/mol. The molecule has 18 heavy (non-hydrogen) atoms. The van der Waals surface area contributed by atoms with Crippen molar-refractivity contribution in [3.8, 4) is 0 Å². The molecule has 0 aliphatic carbocycles. The third-order valence-corrected chi connectivity index (χ3v) is 3.13. The molecule has 5 heteroatoms. The van der Waals surface area contributed by atoms with Gasteiger partial charge in [0.05, 0.1) is 26.0 Å². The molecule has 2 rings (SSSR count). The van der Waals surface area contributed by atoms with Gasteiger partial charge in [0, 0.05) is 26.1 Å². The van der Waals surface area contributed by atoms with E-state index in [0.29, 0.717) is 32.7 Å². The van der Waals surface area contributed by atoms with Gasteiger partial charge < -0.3 is 19.4 Å². The largest absolute Gasteiger partial charge is 0.468 e. The topological polar surface area (TPSA) is 54.7 Å². The molecule has 0 atom stereocenters. The minimum absolute atomic E-state index is 0.196. The molecule has 1 fully saturated rings. The lowest BCUT2D eigenvalue weighted by Crippen LogP contribution is -2.41. The van der Waals surface area contributed by atoms with E-state index in [0.717, 1.165) is 24.4 Å². The van der Waals surface area contributed by atoms with E-state index in [-0.39, 0.29) is 5.91 Å². The van der Waals surface area contributed by atoms with E-state index < -0.39 is 0 Å². The smallest absolute Gasteiger partial charge is 0.224 e. The molecular formula is C13H20N2O3. The summed E-state index contributed by atoms with van der Waals surface area (Å²) in [5.41, 5.74) is 1.14. The zero-order valence-corrected chi connectivity index (χ0v) is 10.8. The van der Waals surface area contributed by atoms with Crippen molar-refractivity contribution in [2.75, 3.05) is 32.8 Å². The lowest BCUT2D eigenvalue weighted by atomic mass is 10.2. The minimum atomic E-state index is 0.196. The highest BCUT2D eigenvalue weighted by molar-refractivity contribution is 5.76. The monoisotopic (exact) mass is 252 g/mol. The van der Waals surface area contributed by atoms with Crippen LogP contribution in [0.5, 0.6) is 0 Å². The summed E-state index contributed by atoms with van der Waals surface area (Å²) in [6.07, 6.45) is 2.21. The summed E-state index contributed by atoms with van der Waals surface area (Å²) >= 11 is 0. The van der Waals surface area contributed by atoms with Crippen LogP contribution in [0.1, 0.15) is 17.7 Å². The van der Waals surface area contributed by atoms with Crippen molar-refractivity contribution >= 4 is 5.91 Å². The minimum Gasteiger partial charge on any atom is -0.468 e. The Balaban J connectivity index is 1.63. The van der Waals surface area contributed by atoms with Crippen molar-refractivity contribution in [2.24, 2.45) is 0 Å². The number of hydrogen-bond donors (Lipinski definition) is 1. The van der Waals surface area contributed by atoms with Gasteiger partial charge in [-0.2, -0.15) is 0 Å². The Morgan fingerprint density at radius 1 is 1.44 bits per heavy atom. The number of hydrogen-bond acceptors (Lipinski definition) is 4. The van der Waals surface area contributed by atoms with Gasteiger partial charge in [-0.15, -0.1) is 0 Å². The Labute approximate surface area is 107 Å². The fourth-order valence-electron chi connectivity index (χ4n) is 1.95. The number of rotatable bonds is 5. The molecule has 5 nitrogen and oxygen atoms in total. The molecule has 0 unspecified atom stereocenters. The van der Waals surface area contributed by atoms with Gasteiger partial charge in [-0.05, 0) is 18.6 Å². The first-order valence-electron chi connectivity index (χ1n) is 6.36. The van der Waals surface area contributed by atoms with E-state index in [1.54, 1.807) is 6.26 Å². The quantitative estimate of drug-likeness (QED) is 0.792. The first-order chi connectivity index (χ1) is 8.77. The number of carbonyl (C=O) groups is 1. The van der Waals surface area contributed by atoms with E-state index >= 15 is 0 Å². The molecule has 100 valence electrons. The molecule has 0 bridgehead atoms. The van der Waals surface area contributed by atoms with E-state index in [9.17, 15) is 4.79 Å². The normalized spacial score (nSPS) is 15.9. The number of amides is 1. The number of ether oxygens (including phenoxy) is 1. The standard InChI is InChI=1S/C13H20N2O3/c1-11-3-7-18-12(11)10-14-4-2-13(16)15-5-8-17-9-6-15/h3,7,14H,2,4-6,8-10H2,1H3. The van der Waals surface area contributed by atoms with Crippen molar-refractivity contribution in [1.82, 2.24) is 10.2 Å². The van der Waals surface area contributed by atoms with E-state index in [2.05, 4.69) is 5.32 Å². The second kappa shape index (κ2) is 6.56. The molecule has 2 heterocycles. The molecule has 1 aliphatic rings. The van der Waals surface area contributed by atoms with Crippen molar-refractivity contribution in [1.29, 1.82) is 0 Å². The molecule has 0 saturated carbocycles. The Morgan fingerprint density at radius 2 is 2.22 bits per heavy atom. The van der Waals surface area contributed by atoms with E-state index in [4.69, 9.17) is 9.15 Å². The second-order valence-electron chi connectivity index (χ2n) is 4.45. The van der Waals surface area contributed by atoms with Crippen LogP contribution in [0.25, 0.3) is 0 Å². The van der Waals surface area contributed by atoms with Crippen LogP contribution in [-0.2, 0) is 16.1 Å². The summed E-state index contributed by atoms with van der Waals surface area (Å²) in [5.74, 6) is 1.13. The van der Waals surface area contributed by atoms with Crippen LogP contribution in [0.2, 0.25) is 0 Å². The maximum Gasteiger partial charge on any atom is 0.224 e. The lowest BCUT2D eigenvalue weighted by Gasteiger charge is -2.26. The number of morpholine rings is 1. The average Bonchev–Trinajstić information content (AvgIpc) is 2.81. The van der Waals surface area contributed by atoms with E-state index in [1.165, 1.54) is 0 Å². The highest BCUT2D eigenvalue weighted by Crippen LogP contribution is 2.07. The maximum absolute atomic E-state index is 11.8. The van der Waals surface area contributed by atoms with Crippen molar-refractivity contribution in [3.63, 3.8) is 0 Å². The van der Waals surface area contributed by atoms with Gasteiger partial charge in [0.25, 0.3) is 0 Å². The summed E-state index contributed by atoms with van der Waals surface area (Å²) < 4.78 is 10.5. The van der Waals surface area contributed by atoms with Gasteiger partial charge >= 0.3 is 0 Å². The van der Waals surface area contributed by atoms with Crippen molar-refractivity contribution < 1.29 is 13.9 Å². The molecule has 1 aromatic heterocycles. The summed E-state index contributed by atoms with van der Waals surface area (Å²) in [6, 6.07) is 1.94. The predicted molar refractivity (Wildman–Crippen MR) is 67.2 cm³/mol. The van der Waals surface area contributed by atoms with Crippen LogP contribution >= 0.6 is 0 Å². The number of carbonyl (C=O) groups excluding carboxylic acids is 1. The summed E-state index contributed by atoms with van der Waals surface area (Å²) in [5, 5.41) is 3.23. The molecule has 0 aromatic carbocycles. The zero-order valence-electron chi connectivity index (χ0n) is 10.8. The highest BCUT2D eigenvalue weighted by Gasteiger charge is 2.15. The first-order valence-corrected chi connectivity index (χ1v) is 6.36. The summed E-state index contributed by atoms with van der Waals surface area (Å²) in [6.45, 7) is 6.12. The van der Waals surface area contributed by atoms with Gasteiger partial charge in [-0.25, -0.2) is 0 Å². The number of nitrogens with zero attached hydrogens (tertiary/aromatic N) is 1. The van der Waals surface area contributed by atoms with Gasteiger partial charge in [-0.1, -0.05) is 0 Å². The van der Waals surface area contributed by atoms with Gasteiger partial charge in [-0.3, -0.25) is 4.79 Å². The SMILES string of the molecule is Cc1ccoc1CNCCC(=O)N1CCOCC1. The molecule has 1 aliphatic heterocycles. The Hall–Kier alpha value is -1.33. The predicted octanol–water partition coefficient (Wildman–Crippen LogP) is 0.927. The van der Waals surface area contributed by atoms with Crippen LogP contribution in [0.4, 0.5) is 0 Å². The van der Waals surface area contributed by atoms with Crippen molar-refractivity contribution in [2.45, 2.75) is 19.9 Å². The summed E-state index contributed by atoms with van der Waals surface area (Å²) in [4.78, 5) is 13.7. The lowest BCUT2D eigenvalue weighted by molar-refractivity contribution is -0.135. The van der Waals surface area contributed by atoms with E-state index in [1.807, 2.05) is 17.9 Å². The molecule has 1 N–H and O–H groups in total. The Kier molecular flexibility index (Phi) is 4.78. The third-order valence-electron chi connectivity index (χ3n) is 3.13. The second-order valence-corrected chi connectivity index (χ2v) is 4.45. The van der Waals surface area contributed by atoms with Crippen LogP contribution in [-0.4, -0.2) is 43.7 Å². The fraction of sp³-hybridized carbons (Fsp3) is 0.615. The first kappa shape index (κ1) is 13.1. The molecule has 0 spiro atoms. The molecule has 1 aromatic rings. The number of nitrogens with one attached hydrogen (secondary N) is 1. The average molecular weight is 252 g/mol. The van der Waals surface area contributed by atoms with Crippen LogP contribution in [0.15, 0.2) is 16.7 Å². The van der Waals surface area contributed by atoms with Gasteiger partial charge in [0.2, 0.25) is 5.91 Å². The third kappa shape index (κ3) is 3.58. The zero-order chi connectivity index (χ0) is 12.8. The maximum atomic E-state index is 11.8. The molecule has 0 radical (unpaired) electrons. The van der Waals surface area contributed by atoms with Crippen LogP contribution in [0, 0.1) is 6.92 Å². The van der Waals surface area contributed by atoms with Gasteiger partial charge in [0.15, 0.2) is 0 Å². The number of aryl methyl sites for hydroxylation is 1. The van der Waals surface area contributed by atoms with Gasteiger partial charge in [0.1, 0.15) is 5.76 Å². The Bertz CT molecular complexity index is 383. The molecule has 1 amide bonds. The highest BCUT2D eigenvalue weighted by atomic mass is 16.5.